The van der Waals surface area contributed by atoms with Crippen molar-refractivity contribution in [2.45, 2.75) is 18.1 Å². The number of nitrogens with two attached hydrogens (primary N) is 1. The number of sulfonamides is 1. The van der Waals surface area contributed by atoms with Gasteiger partial charge in [-0.15, -0.1) is 6.58 Å². The van der Waals surface area contributed by atoms with Crippen LogP contribution in [-0.2, 0) is 22.9 Å². The number of ether oxygens (including phenoxy) is 2. The second-order valence-electron chi connectivity index (χ2n) is 6.15. The van der Waals surface area contributed by atoms with Gasteiger partial charge in [0.25, 0.3) is 0 Å². The average molecular weight is 375 g/mol. The molecule has 0 amide bonds. The predicted molar refractivity (Wildman–Crippen MR) is 104 cm³/mol. The minimum atomic E-state index is -3.75. The van der Waals surface area contributed by atoms with Crippen LogP contribution in [0.25, 0.3) is 0 Å². The third-order valence-corrected chi connectivity index (χ3v) is 5.73. The molecule has 0 saturated carbocycles. The van der Waals surface area contributed by atoms with Crippen molar-refractivity contribution in [3.8, 4) is 11.5 Å². The third kappa shape index (κ3) is 5.34. The van der Waals surface area contributed by atoms with Crippen molar-refractivity contribution >= 4 is 10.0 Å². The molecule has 1 unspecified atom stereocenters. The molecule has 0 heterocycles. The molecule has 2 aromatic carbocycles. The summed E-state index contributed by atoms with van der Waals surface area (Å²) in [5.74, 6) is 1.28. The smallest absolute Gasteiger partial charge is 0.215 e. The quantitative estimate of drug-likeness (QED) is 0.684. The summed E-state index contributed by atoms with van der Waals surface area (Å²) in [5, 5.41) is 4.62. The molecule has 0 spiro atoms. The van der Waals surface area contributed by atoms with Crippen molar-refractivity contribution in [2.75, 3.05) is 14.2 Å². The summed E-state index contributed by atoms with van der Waals surface area (Å²) in [4.78, 5) is 0. The van der Waals surface area contributed by atoms with Crippen molar-refractivity contribution < 1.29 is 17.9 Å². The highest BCUT2D eigenvalue weighted by atomic mass is 32.2. The Morgan fingerprint density at radius 2 is 1.31 bits per heavy atom. The maximum atomic E-state index is 12.1. The topological polar surface area (TPSA) is 78.6 Å². The van der Waals surface area contributed by atoms with Gasteiger partial charge in [0, 0.05) is 0 Å². The van der Waals surface area contributed by atoms with Crippen LogP contribution >= 0.6 is 0 Å². The molecule has 2 N–H and O–H groups in total. The van der Waals surface area contributed by atoms with E-state index in [0.29, 0.717) is 12.8 Å². The van der Waals surface area contributed by atoms with Gasteiger partial charge in [0.1, 0.15) is 11.5 Å². The Labute approximate surface area is 155 Å². The number of benzene rings is 2. The molecular formula is C20H25NO4S. The summed E-state index contributed by atoms with van der Waals surface area (Å²) in [5.41, 5.74) is 2.03. The van der Waals surface area contributed by atoms with Gasteiger partial charge in [-0.2, -0.15) is 0 Å². The van der Waals surface area contributed by atoms with Crippen LogP contribution in [0.2, 0.25) is 0 Å². The standard InChI is InChI=1S/C20H25NO4S/c1-4-20(26(21,22)23)17(13-15-5-9-18(24-2)10-6-15)14-16-7-11-19(25-3)12-8-16/h4-12,17,20H,1,13-14H2,2-3H3,(H2,21,22,23). The van der Waals surface area contributed by atoms with Crippen LogP contribution < -0.4 is 14.6 Å². The minimum absolute atomic E-state index is 0.232. The van der Waals surface area contributed by atoms with E-state index >= 15 is 0 Å². The fourth-order valence-electron chi connectivity index (χ4n) is 3.03. The van der Waals surface area contributed by atoms with Crippen LogP contribution in [0.15, 0.2) is 61.2 Å². The lowest BCUT2D eigenvalue weighted by Crippen LogP contribution is -2.35. The molecule has 0 aromatic heterocycles. The Balaban J connectivity index is 2.28. The Hall–Kier alpha value is -2.31. The average Bonchev–Trinajstić information content (AvgIpc) is 2.62. The van der Waals surface area contributed by atoms with Crippen LogP contribution in [0.5, 0.6) is 11.5 Å². The normalized spacial score (nSPS) is 12.6. The molecule has 6 heteroatoms. The third-order valence-electron chi connectivity index (χ3n) is 4.39. The van der Waals surface area contributed by atoms with E-state index in [1.807, 2.05) is 48.5 Å². The maximum Gasteiger partial charge on any atom is 0.215 e. The van der Waals surface area contributed by atoms with Crippen LogP contribution in [0.3, 0.4) is 0 Å². The molecule has 0 aliphatic rings. The summed E-state index contributed by atoms with van der Waals surface area (Å²) in [6, 6.07) is 15.2. The van der Waals surface area contributed by atoms with Gasteiger partial charge in [-0.3, -0.25) is 0 Å². The molecule has 0 bridgehead atoms. The number of rotatable bonds is 9. The summed E-state index contributed by atoms with van der Waals surface area (Å²) in [6.45, 7) is 3.69. The van der Waals surface area contributed by atoms with Gasteiger partial charge in [0.2, 0.25) is 10.0 Å². The van der Waals surface area contributed by atoms with Gasteiger partial charge >= 0.3 is 0 Å². The fourth-order valence-corrected chi connectivity index (χ4v) is 4.03. The first kappa shape index (κ1) is 20.0. The van der Waals surface area contributed by atoms with Gasteiger partial charge < -0.3 is 9.47 Å². The summed E-state index contributed by atoms with van der Waals surface area (Å²) in [6.07, 6.45) is 2.54. The number of hydrogen-bond donors (Lipinski definition) is 1. The molecule has 0 aliphatic heterocycles. The molecular weight excluding hydrogens is 350 g/mol. The molecule has 1 atom stereocenters. The van der Waals surface area contributed by atoms with Crippen molar-refractivity contribution in [1.82, 2.24) is 0 Å². The first-order valence-electron chi connectivity index (χ1n) is 8.27. The Kier molecular flexibility index (Phi) is 6.83. The van der Waals surface area contributed by atoms with Gasteiger partial charge in [-0.25, -0.2) is 13.6 Å². The fraction of sp³-hybridized carbons (Fsp3) is 0.300. The molecule has 0 radical (unpaired) electrons. The van der Waals surface area contributed by atoms with E-state index in [4.69, 9.17) is 14.6 Å². The van der Waals surface area contributed by atoms with E-state index in [1.165, 1.54) is 6.08 Å². The van der Waals surface area contributed by atoms with E-state index in [1.54, 1.807) is 14.2 Å². The molecule has 26 heavy (non-hydrogen) atoms. The van der Waals surface area contributed by atoms with Crippen LogP contribution in [0.4, 0.5) is 0 Å². The van der Waals surface area contributed by atoms with Crippen molar-refractivity contribution in [3.05, 3.63) is 72.3 Å². The Morgan fingerprint density at radius 3 is 1.58 bits per heavy atom. The van der Waals surface area contributed by atoms with E-state index < -0.39 is 15.3 Å². The van der Waals surface area contributed by atoms with Gasteiger partial charge in [0.05, 0.1) is 19.5 Å². The maximum absolute atomic E-state index is 12.1. The molecule has 140 valence electrons. The lowest BCUT2D eigenvalue weighted by molar-refractivity contribution is 0.414. The van der Waals surface area contributed by atoms with Crippen LogP contribution in [0, 0.1) is 5.92 Å². The summed E-state index contributed by atoms with van der Waals surface area (Å²) >= 11 is 0. The predicted octanol–water partition coefficient (Wildman–Crippen LogP) is 2.95. The number of hydrogen-bond acceptors (Lipinski definition) is 4. The highest BCUT2D eigenvalue weighted by Gasteiger charge is 2.28. The molecule has 2 aromatic rings. The zero-order valence-electron chi connectivity index (χ0n) is 15.1. The monoisotopic (exact) mass is 375 g/mol. The summed E-state index contributed by atoms with van der Waals surface area (Å²) < 4.78 is 34.4. The minimum Gasteiger partial charge on any atom is -0.497 e. The van der Waals surface area contributed by atoms with Crippen molar-refractivity contribution in [2.24, 2.45) is 11.1 Å². The SMILES string of the molecule is C=CC(C(Cc1ccc(OC)cc1)Cc1ccc(OC)cc1)S(N)(=O)=O. The van der Waals surface area contributed by atoms with Gasteiger partial charge in [-0.05, 0) is 54.2 Å². The van der Waals surface area contributed by atoms with Crippen LogP contribution in [-0.4, -0.2) is 27.9 Å². The zero-order valence-corrected chi connectivity index (χ0v) is 15.9. The number of methoxy groups -OCH3 is 2. The molecule has 5 nitrogen and oxygen atoms in total. The lowest BCUT2D eigenvalue weighted by Gasteiger charge is -2.23. The van der Waals surface area contributed by atoms with E-state index in [0.717, 1.165) is 22.6 Å². The zero-order chi connectivity index (χ0) is 19.2. The van der Waals surface area contributed by atoms with Gasteiger partial charge in [-0.1, -0.05) is 30.3 Å². The summed E-state index contributed by atoms with van der Waals surface area (Å²) in [7, 11) is -0.533. The molecule has 0 fully saturated rings. The van der Waals surface area contributed by atoms with Crippen molar-refractivity contribution in [1.29, 1.82) is 0 Å². The van der Waals surface area contributed by atoms with E-state index in [9.17, 15) is 8.42 Å². The first-order valence-corrected chi connectivity index (χ1v) is 9.88. The van der Waals surface area contributed by atoms with E-state index in [2.05, 4.69) is 6.58 Å². The van der Waals surface area contributed by atoms with Gasteiger partial charge in [0.15, 0.2) is 0 Å². The second-order valence-corrected chi connectivity index (χ2v) is 7.88. The highest BCUT2D eigenvalue weighted by Crippen LogP contribution is 2.25. The molecule has 0 aliphatic carbocycles. The number of primary sulfonamides is 1. The van der Waals surface area contributed by atoms with Crippen LogP contribution in [0.1, 0.15) is 11.1 Å². The lowest BCUT2D eigenvalue weighted by atomic mass is 9.89. The first-order chi connectivity index (χ1) is 12.4. The highest BCUT2D eigenvalue weighted by molar-refractivity contribution is 7.89. The Morgan fingerprint density at radius 1 is 0.923 bits per heavy atom. The van der Waals surface area contributed by atoms with E-state index in [-0.39, 0.29) is 5.92 Å². The Bertz CT molecular complexity index is 764. The molecule has 2 rings (SSSR count). The van der Waals surface area contributed by atoms with Crippen molar-refractivity contribution in [3.63, 3.8) is 0 Å². The second kappa shape index (κ2) is 8.87. The largest absolute Gasteiger partial charge is 0.497 e. The molecule has 0 saturated heterocycles.